The van der Waals surface area contributed by atoms with Gasteiger partial charge in [-0.2, -0.15) is 5.26 Å². The van der Waals surface area contributed by atoms with Crippen molar-refractivity contribution in [1.29, 1.82) is 5.26 Å². The molecule has 4 rings (SSSR count). The van der Waals surface area contributed by atoms with Gasteiger partial charge in [-0.05, 0) is 42.0 Å². The van der Waals surface area contributed by atoms with E-state index in [2.05, 4.69) is 16.3 Å². The van der Waals surface area contributed by atoms with Crippen LogP contribution in [-0.2, 0) is 6.42 Å². The second kappa shape index (κ2) is 9.38. The van der Waals surface area contributed by atoms with Crippen LogP contribution in [-0.4, -0.2) is 22.6 Å². The molecule has 0 spiro atoms. The van der Waals surface area contributed by atoms with E-state index in [1.807, 2.05) is 48.5 Å². The fourth-order valence-electron chi connectivity index (χ4n) is 3.10. The average Bonchev–Trinajstić information content (AvgIpc) is 2.79. The van der Waals surface area contributed by atoms with Crippen LogP contribution in [0.5, 0.6) is 5.75 Å². The number of thioether (sulfide) groups is 1. The van der Waals surface area contributed by atoms with E-state index in [0.717, 1.165) is 38.4 Å². The van der Waals surface area contributed by atoms with Crippen molar-refractivity contribution < 1.29 is 9.13 Å². The average molecular weight is 415 g/mol. The van der Waals surface area contributed by atoms with Crippen LogP contribution in [0.2, 0.25) is 0 Å². The summed E-state index contributed by atoms with van der Waals surface area (Å²) < 4.78 is 19.1. The number of rotatable bonds is 7. The molecule has 0 N–H and O–H groups in total. The van der Waals surface area contributed by atoms with Crippen LogP contribution in [0.25, 0.3) is 22.0 Å². The number of nitrogens with zero attached hydrogens (tertiary/aromatic N) is 3. The number of nitriles is 1. The lowest BCUT2D eigenvalue weighted by molar-refractivity contribution is 0.344. The molecule has 3 aromatic carbocycles. The molecule has 0 saturated carbocycles. The van der Waals surface area contributed by atoms with Gasteiger partial charge in [0.2, 0.25) is 0 Å². The van der Waals surface area contributed by atoms with Crippen LogP contribution >= 0.6 is 11.8 Å². The summed E-state index contributed by atoms with van der Waals surface area (Å²) in [6, 6.07) is 23.9. The molecule has 0 aliphatic rings. The van der Waals surface area contributed by atoms with Crippen molar-refractivity contribution in [2.75, 3.05) is 12.4 Å². The van der Waals surface area contributed by atoms with Gasteiger partial charge in [-0.15, -0.1) is 22.0 Å². The van der Waals surface area contributed by atoms with Crippen LogP contribution in [0.4, 0.5) is 4.39 Å². The van der Waals surface area contributed by atoms with Crippen molar-refractivity contribution in [3.8, 4) is 23.1 Å². The summed E-state index contributed by atoms with van der Waals surface area (Å²) in [5.74, 6) is 1.22. The highest BCUT2D eigenvalue weighted by Gasteiger charge is 2.11. The summed E-state index contributed by atoms with van der Waals surface area (Å²) >= 11 is 1.59. The quantitative estimate of drug-likeness (QED) is 0.287. The first-order chi connectivity index (χ1) is 14.7. The van der Waals surface area contributed by atoms with Gasteiger partial charge >= 0.3 is 0 Å². The minimum atomic E-state index is -0.275. The first kappa shape index (κ1) is 19.9. The van der Waals surface area contributed by atoms with Gasteiger partial charge < -0.3 is 4.74 Å². The fraction of sp³-hybridized carbons (Fsp3) is 0.125. The van der Waals surface area contributed by atoms with Crippen molar-refractivity contribution in [3.05, 3.63) is 84.2 Å². The van der Waals surface area contributed by atoms with E-state index < -0.39 is 0 Å². The highest BCUT2D eigenvalue weighted by atomic mass is 32.2. The smallest absolute Gasteiger partial charge is 0.127 e. The zero-order chi connectivity index (χ0) is 20.8. The zero-order valence-electron chi connectivity index (χ0n) is 16.1. The number of halogens is 1. The number of ether oxygens (including phenoxy) is 1. The lowest BCUT2D eigenvalue weighted by Crippen LogP contribution is -2.01. The summed E-state index contributed by atoms with van der Waals surface area (Å²) in [6.45, 7) is 0.526. The number of fused-ring (bicyclic) bond motifs is 1. The molecule has 6 heteroatoms. The second-order valence-corrected chi connectivity index (χ2v) is 7.67. The van der Waals surface area contributed by atoms with Gasteiger partial charge in [0.05, 0.1) is 19.1 Å². The number of hydrogen-bond donors (Lipinski definition) is 0. The summed E-state index contributed by atoms with van der Waals surface area (Å²) in [5, 5.41) is 20.4. The molecule has 0 atom stereocenters. The van der Waals surface area contributed by atoms with Gasteiger partial charge in [-0.1, -0.05) is 36.4 Å². The van der Waals surface area contributed by atoms with Crippen molar-refractivity contribution in [2.45, 2.75) is 11.4 Å². The van der Waals surface area contributed by atoms with E-state index in [1.165, 1.54) is 12.1 Å². The van der Waals surface area contributed by atoms with E-state index in [0.29, 0.717) is 18.8 Å². The maximum atomic E-state index is 13.3. The number of aromatic nitrogens is 2. The predicted octanol–water partition coefficient (Wildman–Crippen LogP) is 5.67. The molecular formula is C24H18FN3OS. The monoisotopic (exact) mass is 415 g/mol. The Morgan fingerprint density at radius 2 is 1.63 bits per heavy atom. The van der Waals surface area contributed by atoms with E-state index in [4.69, 9.17) is 10.00 Å². The van der Waals surface area contributed by atoms with Crippen molar-refractivity contribution >= 4 is 22.5 Å². The molecule has 0 saturated heterocycles. The van der Waals surface area contributed by atoms with Crippen LogP contribution in [0, 0.1) is 17.1 Å². The molecule has 0 aliphatic heterocycles. The molecule has 0 fully saturated rings. The number of benzene rings is 3. The number of hydrogen-bond acceptors (Lipinski definition) is 5. The molecule has 0 bridgehead atoms. The Morgan fingerprint density at radius 3 is 2.37 bits per heavy atom. The summed E-state index contributed by atoms with van der Waals surface area (Å²) in [4.78, 5) is 0. The van der Waals surface area contributed by atoms with Crippen LogP contribution in [0.1, 0.15) is 5.56 Å². The molecule has 4 aromatic rings. The standard InChI is InChI=1S/C24H18FN3OS/c25-19-9-7-18(8-10-19)23-21-3-1-2-4-22(21)24(28-27-23)30-16-15-29-20-11-5-17(6-12-20)13-14-26/h1-12H,13,15-16H2. The second-order valence-electron chi connectivity index (χ2n) is 6.58. The third-order valence-corrected chi connectivity index (χ3v) is 5.51. The maximum absolute atomic E-state index is 13.3. The Morgan fingerprint density at radius 1 is 0.900 bits per heavy atom. The molecule has 0 radical (unpaired) electrons. The van der Waals surface area contributed by atoms with Crippen LogP contribution in [0.3, 0.4) is 0 Å². The van der Waals surface area contributed by atoms with Crippen molar-refractivity contribution in [1.82, 2.24) is 10.2 Å². The highest BCUT2D eigenvalue weighted by molar-refractivity contribution is 7.99. The summed E-state index contributed by atoms with van der Waals surface area (Å²) in [5.41, 5.74) is 2.55. The lowest BCUT2D eigenvalue weighted by Gasteiger charge is -2.10. The largest absolute Gasteiger partial charge is 0.493 e. The Labute approximate surface area is 178 Å². The minimum absolute atomic E-state index is 0.275. The fourth-order valence-corrected chi connectivity index (χ4v) is 3.89. The Kier molecular flexibility index (Phi) is 6.21. The topological polar surface area (TPSA) is 58.8 Å². The molecule has 1 aromatic heterocycles. The molecule has 4 nitrogen and oxygen atoms in total. The Bertz CT molecular complexity index is 1190. The third-order valence-electron chi connectivity index (χ3n) is 4.57. The third kappa shape index (κ3) is 4.58. The van der Waals surface area contributed by atoms with E-state index in [-0.39, 0.29) is 5.82 Å². The molecule has 30 heavy (non-hydrogen) atoms. The maximum Gasteiger partial charge on any atom is 0.127 e. The molecule has 0 aliphatic carbocycles. The SMILES string of the molecule is N#CCc1ccc(OCCSc2nnc(-c3ccc(F)cc3)c3ccccc23)cc1. The van der Waals surface area contributed by atoms with Gasteiger partial charge in [0.25, 0.3) is 0 Å². The summed E-state index contributed by atoms with van der Waals surface area (Å²) in [6.07, 6.45) is 0.399. The molecule has 0 amide bonds. The predicted molar refractivity (Wildman–Crippen MR) is 117 cm³/mol. The van der Waals surface area contributed by atoms with Gasteiger partial charge in [0.1, 0.15) is 22.3 Å². The first-order valence-corrected chi connectivity index (χ1v) is 10.5. The Balaban J connectivity index is 1.45. The van der Waals surface area contributed by atoms with Crippen LogP contribution in [0.15, 0.2) is 77.8 Å². The van der Waals surface area contributed by atoms with Crippen molar-refractivity contribution in [2.24, 2.45) is 0 Å². The van der Waals surface area contributed by atoms with Gasteiger partial charge in [0.15, 0.2) is 0 Å². The summed E-state index contributed by atoms with van der Waals surface area (Å²) in [7, 11) is 0. The van der Waals surface area contributed by atoms with E-state index in [9.17, 15) is 4.39 Å². The zero-order valence-corrected chi connectivity index (χ0v) is 16.9. The molecular weight excluding hydrogens is 397 g/mol. The molecule has 148 valence electrons. The van der Waals surface area contributed by atoms with E-state index >= 15 is 0 Å². The van der Waals surface area contributed by atoms with Crippen LogP contribution < -0.4 is 4.74 Å². The highest BCUT2D eigenvalue weighted by Crippen LogP contribution is 2.31. The minimum Gasteiger partial charge on any atom is -0.493 e. The van der Waals surface area contributed by atoms with Crippen molar-refractivity contribution in [3.63, 3.8) is 0 Å². The lowest BCUT2D eigenvalue weighted by atomic mass is 10.1. The van der Waals surface area contributed by atoms with Gasteiger partial charge in [-0.3, -0.25) is 0 Å². The van der Waals surface area contributed by atoms with E-state index in [1.54, 1.807) is 23.9 Å². The molecule has 1 heterocycles. The Hall–Kier alpha value is -3.43. The first-order valence-electron chi connectivity index (χ1n) is 9.47. The van der Waals surface area contributed by atoms with Gasteiger partial charge in [-0.25, -0.2) is 4.39 Å². The normalized spacial score (nSPS) is 10.7. The molecule has 0 unspecified atom stereocenters. The van der Waals surface area contributed by atoms with Gasteiger partial charge in [0, 0.05) is 22.1 Å².